The molecule has 1 rings (SSSR count). The van der Waals surface area contributed by atoms with Crippen LogP contribution in [-0.4, -0.2) is 0 Å². The Morgan fingerprint density at radius 1 is 1.36 bits per heavy atom. The van der Waals surface area contributed by atoms with Crippen LogP contribution in [0.25, 0.3) is 0 Å². The Bertz CT molecular complexity index is 307. The number of aryl methyl sites for hydroxylation is 1. The van der Waals surface area contributed by atoms with E-state index in [1.54, 1.807) is 0 Å². The van der Waals surface area contributed by atoms with E-state index >= 15 is 0 Å². The van der Waals surface area contributed by atoms with Crippen molar-refractivity contribution in [2.75, 3.05) is 0 Å². The molecular formula is C12H18BrN. The average Bonchev–Trinajstić information content (AvgIpc) is 2.01. The zero-order valence-corrected chi connectivity index (χ0v) is 10.6. The molecule has 0 aliphatic carbocycles. The molecule has 0 spiro atoms. The molecule has 0 heterocycles. The summed E-state index contributed by atoms with van der Waals surface area (Å²) in [5.41, 5.74) is 8.67. The normalized spacial score (nSPS) is 13.3. The minimum Gasteiger partial charge on any atom is -0.324 e. The zero-order valence-electron chi connectivity index (χ0n) is 9.05. The van der Waals surface area contributed by atoms with Crippen LogP contribution in [0, 0.1) is 12.8 Å². The first-order valence-electron chi connectivity index (χ1n) is 5.02. The van der Waals surface area contributed by atoms with Gasteiger partial charge < -0.3 is 5.73 Å². The quantitative estimate of drug-likeness (QED) is 0.874. The van der Waals surface area contributed by atoms with E-state index in [0.29, 0.717) is 5.92 Å². The van der Waals surface area contributed by atoms with Gasteiger partial charge in [-0.15, -0.1) is 0 Å². The Kier molecular flexibility index (Phi) is 4.14. The Morgan fingerprint density at radius 3 is 2.50 bits per heavy atom. The highest BCUT2D eigenvalue weighted by atomic mass is 79.9. The first-order chi connectivity index (χ1) is 6.50. The van der Waals surface area contributed by atoms with Crippen molar-refractivity contribution < 1.29 is 0 Å². The first kappa shape index (κ1) is 11.7. The van der Waals surface area contributed by atoms with Crippen molar-refractivity contribution in [3.63, 3.8) is 0 Å². The number of hydrogen-bond acceptors (Lipinski definition) is 1. The van der Waals surface area contributed by atoms with Crippen LogP contribution in [0.4, 0.5) is 0 Å². The van der Waals surface area contributed by atoms with Crippen LogP contribution in [-0.2, 0) is 0 Å². The van der Waals surface area contributed by atoms with Gasteiger partial charge in [0, 0.05) is 10.5 Å². The monoisotopic (exact) mass is 255 g/mol. The van der Waals surface area contributed by atoms with E-state index in [4.69, 9.17) is 5.73 Å². The lowest BCUT2D eigenvalue weighted by Gasteiger charge is -2.16. The maximum Gasteiger partial charge on any atom is 0.0299 e. The molecule has 0 bridgehead atoms. The van der Waals surface area contributed by atoms with Gasteiger partial charge in [0.15, 0.2) is 0 Å². The van der Waals surface area contributed by atoms with E-state index < -0.39 is 0 Å². The third kappa shape index (κ3) is 3.10. The van der Waals surface area contributed by atoms with E-state index in [1.165, 1.54) is 11.1 Å². The topological polar surface area (TPSA) is 26.0 Å². The maximum absolute atomic E-state index is 6.13. The van der Waals surface area contributed by atoms with Gasteiger partial charge >= 0.3 is 0 Å². The van der Waals surface area contributed by atoms with Crippen molar-refractivity contribution in [3.05, 3.63) is 33.8 Å². The van der Waals surface area contributed by atoms with E-state index in [9.17, 15) is 0 Å². The Hall–Kier alpha value is -0.340. The number of halogens is 1. The van der Waals surface area contributed by atoms with Gasteiger partial charge in [-0.05, 0) is 42.5 Å². The standard InChI is InChI=1S/C12H18BrN/c1-8(2)6-12(14)11-5-4-10(13)7-9(11)3/h4-5,7-8,12H,6,14H2,1-3H3. The number of nitrogens with two attached hydrogens (primary N) is 1. The summed E-state index contributed by atoms with van der Waals surface area (Å²) >= 11 is 3.46. The molecule has 0 aromatic heterocycles. The van der Waals surface area contributed by atoms with E-state index in [-0.39, 0.29) is 6.04 Å². The van der Waals surface area contributed by atoms with Gasteiger partial charge in [-0.25, -0.2) is 0 Å². The molecule has 0 fully saturated rings. The van der Waals surface area contributed by atoms with Crippen LogP contribution in [0.2, 0.25) is 0 Å². The molecular weight excluding hydrogens is 238 g/mol. The molecule has 1 aromatic rings. The molecule has 0 saturated heterocycles. The smallest absolute Gasteiger partial charge is 0.0299 e. The molecule has 0 amide bonds. The van der Waals surface area contributed by atoms with Crippen LogP contribution in [0.5, 0.6) is 0 Å². The lowest BCUT2D eigenvalue weighted by molar-refractivity contribution is 0.508. The van der Waals surface area contributed by atoms with Gasteiger partial charge in [-0.1, -0.05) is 35.8 Å². The summed E-state index contributed by atoms with van der Waals surface area (Å²) in [6.07, 6.45) is 1.04. The molecule has 0 radical (unpaired) electrons. The summed E-state index contributed by atoms with van der Waals surface area (Å²) in [6, 6.07) is 6.47. The summed E-state index contributed by atoms with van der Waals surface area (Å²) in [6.45, 7) is 6.52. The molecule has 78 valence electrons. The van der Waals surface area contributed by atoms with Gasteiger partial charge in [-0.2, -0.15) is 0 Å². The van der Waals surface area contributed by atoms with Gasteiger partial charge in [0.2, 0.25) is 0 Å². The summed E-state index contributed by atoms with van der Waals surface area (Å²) in [5.74, 6) is 0.646. The molecule has 14 heavy (non-hydrogen) atoms. The Morgan fingerprint density at radius 2 is 2.00 bits per heavy atom. The highest BCUT2D eigenvalue weighted by Gasteiger charge is 2.10. The number of hydrogen-bond donors (Lipinski definition) is 1. The summed E-state index contributed by atoms with van der Waals surface area (Å²) < 4.78 is 1.12. The number of rotatable bonds is 3. The predicted octanol–water partition coefficient (Wildman–Crippen LogP) is 3.80. The fourth-order valence-electron chi connectivity index (χ4n) is 1.69. The van der Waals surface area contributed by atoms with Crippen LogP contribution in [0.15, 0.2) is 22.7 Å². The van der Waals surface area contributed by atoms with Crippen molar-refractivity contribution in [1.82, 2.24) is 0 Å². The Balaban J connectivity index is 2.84. The molecule has 2 heteroatoms. The highest BCUT2D eigenvalue weighted by molar-refractivity contribution is 9.10. The molecule has 2 N–H and O–H groups in total. The molecule has 1 aromatic carbocycles. The van der Waals surface area contributed by atoms with Crippen LogP contribution < -0.4 is 5.73 Å². The van der Waals surface area contributed by atoms with Gasteiger partial charge in [0.25, 0.3) is 0 Å². The van der Waals surface area contributed by atoms with Gasteiger partial charge in [0.05, 0.1) is 0 Å². The van der Waals surface area contributed by atoms with E-state index in [1.807, 2.05) is 0 Å². The van der Waals surface area contributed by atoms with Crippen LogP contribution in [0.3, 0.4) is 0 Å². The maximum atomic E-state index is 6.13. The molecule has 1 atom stereocenters. The lowest BCUT2D eigenvalue weighted by atomic mass is 9.95. The Labute approximate surface area is 94.8 Å². The molecule has 0 aliphatic rings. The fourth-order valence-corrected chi connectivity index (χ4v) is 2.17. The molecule has 0 saturated carbocycles. The van der Waals surface area contributed by atoms with Gasteiger partial charge in [-0.3, -0.25) is 0 Å². The minimum atomic E-state index is 0.170. The third-order valence-electron chi connectivity index (χ3n) is 2.36. The summed E-state index contributed by atoms with van der Waals surface area (Å²) in [4.78, 5) is 0. The van der Waals surface area contributed by atoms with E-state index in [2.05, 4.69) is 54.9 Å². The fraction of sp³-hybridized carbons (Fsp3) is 0.500. The van der Waals surface area contributed by atoms with Crippen molar-refractivity contribution in [2.24, 2.45) is 11.7 Å². The molecule has 1 unspecified atom stereocenters. The van der Waals surface area contributed by atoms with Crippen molar-refractivity contribution >= 4 is 15.9 Å². The zero-order chi connectivity index (χ0) is 10.7. The van der Waals surface area contributed by atoms with Crippen LogP contribution in [0.1, 0.15) is 37.4 Å². The second kappa shape index (κ2) is 4.94. The van der Waals surface area contributed by atoms with Crippen molar-refractivity contribution in [2.45, 2.75) is 33.2 Å². The third-order valence-corrected chi connectivity index (χ3v) is 2.85. The number of benzene rings is 1. The minimum absolute atomic E-state index is 0.170. The predicted molar refractivity (Wildman–Crippen MR) is 65.3 cm³/mol. The largest absolute Gasteiger partial charge is 0.324 e. The average molecular weight is 256 g/mol. The van der Waals surface area contributed by atoms with Gasteiger partial charge in [0.1, 0.15) is 0 Å². The van der Waals surface area contributed by atoms with Crippen molar-refractivity contribution in [1.29, 1.82) is 0 Å². The van der Waals surface area contributed by atoms with E-state index in [0.717, 1.165) is 10.9 Å². The van der Waals surface area contributed by atoms with Crippen molar-refractivity contribution in [3.8, 4) is 0 Å². The highest BCUT2D eigenvalue weighted by Crippen LogP contribution is 2.24. The summed E-state index contributed by atoms with van der Waals surface area (Å²) in [5, 5.41) is 0. The second-order valence-electron chi connectivity index (χ2n) is 4.24. The first-order valence-corrected chi connectivity index (χ1v) is 5.81. The molecule has 0 aliphatic heterocycles. The lowest BCUT2D eigenvalue weighted by Crippen LogP contribution is -2.14. The SMILES string of the molecule is Cc1cc(Br)ccc1C(N)CC(C)C. The molecule has 1 nitrogen and oxygen atoms in total. The second-order valence-corrected chi connectivity index (χ2v) is 5.15. The van der Waals surface area contributed by atoms with Crippen LogP contribution >= 0.6 is 15.9 Å². The summed E-state index contributed by atoms with van der Waals surface area (Å²) in [7, 11) is 0.